The molecular formula is C12H15FN2O2. The highest BCUT2D eigenvalue weighted by molar-refractivity contribution is 5.92. The molecular weight excluding hydrogens is 223 g/mol. The van der Waals surface area contributed by atoms with E-state index >= 15 is 0 Å². The summed E-state index contributed by atoms with van der Waals surface area (Å²) in [6, 6.07) is 6.33. The zero-order chi connectivity index (χ0) is 12.1. The van der Waals surface area contributed by atoms with E-state index in [1.807, 2.05) is 0 Å². The van der Waals surface area contributed by atoms with E-state index in [0.29, 0.717) is 6.61 Å². The van der Waals surface area contributed by atoms with Gasteiger partial charge in [0.15, 0.2) is 0 Å². The fourth-order valence-electron chi connectivity index (χ4n) is 1.69. The van der Waals surface area contributed by atoms with E-state index in [-0.39, 0.29) is 24.2 Å². The Hall–Kier alpha value is -1.46. The lowest BCUT2D eigenvalue weighted by atomic mass is 10.2. The van der Waals surface area contributed by atoms with E-state index in [1.165, 1.54) is 12.1 Å². The number of hydrogen-bond donors (Lipinski definition) is 2. The number of rotatable bonds is 4. The quantitative estimate of drug-likeness (QED) is 0.827. The molecule has 0 spiro atoms. The fraction of sp³-hybridized carbons (Fsp3) is 0.417. The van der Waals surface area contributed by atoms with Gasteiger partial charge in [-0.3, -0.25) is 4.79 Å². The van der Waals surface area contributed by atoms with Crippen molar-refractivity contribution in [3.05, 3.63) is 30.1 Å². The lowest BCUT2D eigenvalue weighted by Gasteiger charge is -2.10. The number of para-hydroxylation sites is 1. The van der Waals surface area contributed by atoms with Gasteiger partial charge in [0.2, 0.25) is 5.91 Å². The van der Waals surface area contributed by atoms with Crippen LogP contribution in [0.4, 0.5) is 10.1 Å². The van der Waals surface area contributed by atoms with Crippen LogP contribution in [0.5, 0.6) is 0 Å². The third kappa shape index (κ3) is 3.51. The maximum atomic E-state index is 13.2. The van der Waals surface area contributed by atoms with Crippen LogP contribution in [0.1, 0.15) is 6.42 Å². The van der Waals surface area contributed by atoms with E-state index in [4.69, 9.17) is 4.74 Å². The molecule has 1 aromatic rings. The highest BCUT2D eigenvalue weighted by Crippen LogP contribution is 2.11. The minimum Gasteiger partial charge on any atom is -0.380 e. The van der Waals surface area contributed by atoms with Crippen molar-refractivity contribution in [2.45, 2.75) is 12.5 Å². The van der Waals surface area contributed by atoms with Gasteiger partial charge >= 0.3 is 0 Å². The Morgan fingerprint density at radius 3 is 3.00 bits per heavy atom. The molecule has 1 aromatic carbocycles. The number of hydrogen-bond acceptors (Lipinski definition) is 3. The van der Waals surface area contributed by atoms with E-state index in [2.05, 4.69) is 10.6 Å². The highest BCUT2D eigenvalue weighted by Gasteiger charge is 2.16. The molecule has 5 heteroatoms. The number of benzene rings is 1. The average molecular weight is 238 g/mol. The number of nitrogens with one attached hydrogen (secondary N) is 2. The summed E-state index contributed by atoms with van der Waals surface area (Å²) in [4.78, 5) is 11.5. The number of anilines is 1. The first-order chi connectivity index (χ1) is 8.25. The summed E-state index contributed by atoms with van der Waals surface area (Å²) < 4.78 is 18.4. The monoisotopic (exact) mass is 238 g/mol. The first-order valence-corrected chi connectivity index (χ1v) is 5.61. The average Bonchev–Trinajstić information content (AvgIpc) is 2.82. The first-order valence-electron chi connectivity index (χ1n) is 5.61. The molecule has 1 unspecified atom stereocenters. The Kier molecular flexibility index (Phi) is 4.06. The van der Waals surface area contributed by atoms with Gasteiger partial charge in [-0.2, -0.15) is 0 Å². The number of ether oxygens (including phenoxy) is 1. The first kappa shape index (κ1) is 12.0. The summed E-state index contributed by atoms with van der Waals surface area (Å²) in [7, 11) is 0. The summed E-state index contributed by atoms with van der Waals surface area (Å²) in [6.07, 6.45) is 0.910. The van der Waals surface area contributed by atoms with Crippen LogP contribution >= 0.6 is 0 Å². The fourth-order valence-corrected chi connectivity index (χ4v) is 1.69. The standard InChI is InChI=1S/C12H15FN2O2/c13-10-3-1-2-4-11(10)15-12(16)7-14-9-5-6-17-8-9/h1-4,9,14H,5-8H2,(H,15,16). The van der Waals surface area contributed by atoms with Gasteiger partial charge in [0.05, 0.1) is 18.8 Å². The second-order valence-corrected chi connectivity index (χ2v) is 3.97. The van der Waals surface area contributed by atoms with Gasteiger partial charge < -0.3 is 15.4 Å². The van der Waals surface area contributed by atoms with Crippen molar-refractivity contribution < 1.29 is 13.9 Å². The molecule has 0 aliphatic carbocycles. The van der Waals surface area contributed by atoms with Gasteiger partial charge in [-0.1, -0.05) is 12.1 Å². The van der Waals surface area contributed by atoms with E-state index in [9.17, 15) is 9.18 Å². The molecule has 1 fully saturated rings. The van der Waals surface area contributed by atoms with Gasteiger partial charge in [0, 0.05) is 12.6 Å². The molecule has 92 valence electrons. The van der Waals surface area contributed by atoms with Crippen molar-refractivity contribution in [3.8, 4) is 0 Å². The molecule has 1 atom stereocenters. The largest absolute Gasteiger partial charge is 0.380 e. The van der Waals surface area contributed by atoms with Crippen molar-refractivity contribution in [2.75, 3.05) is 25.1 Å². The molecule has 1 amide bonds. The third-order valence-electron chi connectivity index (χ3n) is 2.63. The third-order valence-corrected chi connectivity index (χ3v) is 2.63. The molecule has 2 rings (SSSR count). The Morgan fingerprint density at radius 2 is 2.29 bits per heavy atom. The predicted octanol–water partition coefficient (Wildman–Crippen LogP) is 1.14. The van der Waals surface area contributed by atoms with Gasteiger partial charge in [-0.05, 0) is 18.6 Å². The van der Waals surface area contributed by atoms with E-state index in [0.717, 1.165) is 13.0 Å². The minimum atomic E-state index is -0.426. The Balaban J connectivity index is 1.79. The molecule has 17 heavy (non-hydrogen) atoms. The molecule has 0 bridgehead atoms. The minimum absolute atomic E-state index is 0.169. The lowest BCUT2D eigenvalue weighted by molar-refractivity contribution is -0.115. The second kappa shape index (κ2) is 5.75. The van der Waals surface area contributed by atoms with Crippen LogP contribution in [-0.2, 0) is 9.53 Å². The molecule has 1 heterocycles. The summed E-state index contributed by atoms with van der Waals surface area (Å²) in [6.45, 7) is 1.53. The molecule has 0 radical (unpaired) electrons. The van der Waals surface area contributed by atoms with Crippen molar-refractivity contribution in [2.24, 2.45) is 0 Å². The van der Waals surface area contributed by atoms with Crippen molar-refractivity contribution in [3.63, 3.8) is 0 Å². The number of carbonyl (C=O) groups is 1. The number of halogens is 1. The van der Waals surface area contributed by atoms with Gasteiger partial charge in [-0.25, -0.2) is 4.39 Å². The van der Waals surface area contributed by atoms with Crippen LogP contribution in [0.2, 0.25) is 0 Å². The smallest absolute Gasteiger partial charge is 0.238 e. The SMILES string of the molecule is O=C(CNC1CCOC1)Nc1ccccc1F. The van der Waals surface area contributed by atoms with E-state index < -0.39 is 5.82 Å². The Labute approximate surface area is 99.2 Å². The Bertz CT molecular complexity index is 392. The van der Waals surface area contributed by atoms with Gasteiger partial charge in [0.25, 0.3) is 0 Å². The van der Waals surface area contributed by atoms with Crippen LogP contribution < -0.4 is 10.6 Å². The Morgan fingerprint density at radius 1 is 1.47 bits per heavy atom. The molecule has 1 saturated heterocycles. The maximum Gasteiger partial charge on any atom is 0.238 e. The van der Waals surface area contributed by atoms with Crippen molar-refractivity contribution in [1.82, 2.24) is 5.32 Å². The summed E-state index contributed by atoms with van der Waals surface area (Å²) in [5, 5.41) is 5.58. The summed E-state index contributed by atoms with van der Waals surface area (Å²) in [5.41, 5.74) is 0.210. The normalized spacial score (nSPS) is 19.2. The zero-order valence-electron chi connectivity index (χ0n) is 9.41. The summed E-state index contributed by atoms with van der Waals surface area (Å²) >= 11 is 0. The molecule has 0 aromatic heterocycles. The molecule has 1 aliphatic heterocycles. The van der Waals surface area contributed by atoms with Crippen molar-refractivity contribution in [1.29, 1.82) is 0 Å². The van der Waals surface area contributed by atoms with Crippen LogP contribution in [-0.4, -0.2) is 31.7 Å². The summed E-state index contributed by atoms with van der Waals surface area (Å²) in [5.74, 6) is -0.674. The maximum absolute atomic E-state index is 13.2. The molecule has 0 saturated carbocycles. The number of amides is 1. The zero-order valence-corrected chi connectivity index (χ0v) is 9.41. The molecule has 4 nitrogen and oxygen atoms in total. The topological polar surface area (TPSA) is 50.4 Å². The van der Waals surface area contributed by atoms with Gasteiger partial charge in [-0.15, -0.1) is 0 Å². The lowest BCUT2D eigenvalue weighted by Crippen LogP contribution is -2.36. The van der Waals surface area contributed by atoms with Crippen LogP contribution in [0.3, 0.4) is 0 Å². The van der Waals surface area contributed by atoms with Crippen LogP contribution in [0, 0.1) is 5.82 Å². The van der Waals surface area contributed by atoms with Crippen molar-refractivity contribution >= 4 is 11.6 Å². The van der Waals surface area contributed by atoms with Crippen LogP contribution in [0.15, 0.2) is 24.3 Å². The number of carbonyl (C=O) groups excluding carboxylic acids is 1. The van der Waals surface area contributed by atoms with E-state index in [1.54, 1.807) is 12.1 Å². The highest BCUT2D eigenvalue weighted by atomic mass is 19.1. The second-order valence-electron chi connectivity index (χ2n) is 3.97. The molecule has 1 aliphatic rings. The van der Waals surface area contributed by atoms with Crippen LogP contribution in [0.25, 0.3) is 0 Å². The molecule has 2 N–H and O–H groups in total. The predicted molar refractivity (Wildman–Crippen MR) is 62.3 cm³/mol. The van der Waals surface area contributed by atoms with Gasteiger partial charge in [0.1, 0.15) is 5.82 Å².